The van der Waals surface area contributed by atoms with Crippen LogP contribution < -0.4 is 0 Å². The predicted octanol–water partition coefficient (Wildman–Crippen LogP) is 5.68. The Kier molecular flexibility index (Phi) is 3.92. The Bertz CT molecular complexity index is 1360. The first-order chi connectivity index (χ1) is 13.7. The summed E-state index contributed by atoms with van der Waals surface area (Å²) in [6.45, 7) is 2.05. The van der Waals surface area contributed by atoms with Crippen LogP contribution in [0.5, 0.6) is 0 Å². The molecule has 0 aliphatic heterocycles. The maximum absolute atomic E-state index is 8.99. The number of nitrogens with zero attached hydrogens (tertiary/aromatic N) is 4. The van der Waals surface area contributed by atoms with Gasteiger partial charge in [0.25, 0.3) is 0 Å². The summed E-state index contributed by atoms with van der Waals surface area (Å²) >= 11 is 1.70. The molecule has 0 spiro atoms. The van der Waals surface area contributed by atoms with Crippen molar-refractivity contribution >= 4 is 33.3 Å². The lowest BCUT2D eigenvalue weighted by Gasteiger charge is -2.10. The van der Waals surface area contributed by atoms with Crippen LogP contribution >= 0.6 is 11.3 Å². The van der Waals surface area contributed by atoms with Gasteiger partial charge < -0.3 is 0 Å². The molecule has 0 bridgehead atoms. The third kappa shape index (κ3) is 2.67. The van der Waals surface area contributed by atoms with Gasteiger partial charge in [0.15, 0.2) is 0 Å². The number of fused-ring (bicyclic) bond motifs is 3. The topological polar surface area (TPSA) is 54.5 Å². The SMILES string of the molecule is Cc1cc(-n2cnc3cnc4ccc(-c5ccsc5)cc4c32)ccc1CC#N. The lowest BCUT2D eigenvalue weighted by molar-refractivity contribution is 1.08. The Hall–Kier alpha value is -3.49. The van der Waals surface area contributed by atoms with E-state index in [2.05, 4.69) is 67.8 Å². The van der Waals surface area contributed by atoms with Gasteiger partial charge in [-0.3, -0.25) is 9.55 Å². The van der Waals surface area contributed by atoms with Crippen molar-refractivity contribution in [2.24, 2.45) is 0 Å². The van der Waals surface area contributed by atoms with Crippen molar-refractivity contribution in [3.05, 3.63) is 76.9 Å². The third-order valence-electron chi connectivity index (χ3n) is 5.10. The number of thiophene rings is 1. The monoisotopic (exact) mass is 380 g/mol. The van der Waals surface area contributed by atoms with Crippen molar-refractivity contribution in [1.82, 2.24) is 14.5 Å². The number of nitriles is 1. The van der Waals surface area contributed by atoms with Gasteiger partial charge in [0.1, 0.15) is 11.8 Å². The molecule has 0 unspecified atom stereocenters. The summed E-state index contributed by atoms with van der Waals surface area (Å²) in [6, 6.07) is 16.9. The van der Waals surface area contributed by atoms with Crippen LogP contribution in [0.2, 0.25) is 0 Å². The Balaban J connectivity index is 1.75. The Morgan fingerprint density at radius 1 is 1.04 bits per heavy atom. The number of rotatable bonds is 3. The van der Waals surface area contributed by atoms with E-state index < -0.39 is 0 Å². The molecule has 0 saturated carbocycles. The molecule has 0 saturated heterocycles. The number of hydrogen-bond acceptors (Lipinski definition) is 4. The molecular weight excluding hydrogens is 364 g/mol. The number of imidazole rings is 1. The average molecular weight is 380 g/mol. The summed E-state index contributed by atoms with van der Waals surface area (Å²) in [5, 5.41) is 14.3. The zero-order valence-electron chi connectivity index (χ0n) is 15.3. The molecule has 5 heteroatoms. The second-order valence-corrected chi connectivity index (χ2v) is 7.58. The van der Waals surface area contributed by atoms with Crippen molar-refractivity contribution in [3.63, 3.8) is 0 Å². The first-order valence-electron chi connectivity index (χ1n) is 9.00. The first-order valence-corrected chi connectivity index (χ1v) is 9.94. The molecule has 2 aromatic carbocycles. The Morgan fingerprint density at radius 3 is 2.75 bits per heavy atom. The van der Waals surface area contributed by atoms with E-state index in [4.69, 9.17) is 5.26 Å². The fourth-order valence-electron chi connectivity index (χ4n) is 3.61. The van der Waals surface area contributed by atoms with E-state index in [-0.39, 0.29) is 0 Å². The van der Waals surface area contributed by atoms with Gasteiger partial charge in [0.2, 0.25) is 0 Å². The third-order valence-corrected chi connectivity index (χ3v) is 5.79. The molecule has 0 N–H and O–H groups in total. The first kappa shape index (κ1) is 16.7. The van der Waals surface area contributed by atoms with Gasteiger partial charge in [0.05, 0.1) is 29.7 Å². The van der Waals surface area contributed by atoms with E-state index >= 15 is 0 Å². The molecule has 4 nitrogen and oxygen atoms in total. The lowest BCUT2D eigenvalue weighted by Crippen LogP contribution is -1.96. The second-order valence-electron chi connectivity index (χ2n) is 6.80. The molecular formula is C23H16N4S. The summed E-state index contributed by atoms with van der Waals surface area (Å²) in [5.41, 5.74) is 8.47. The minimum atomic E-state index is 0.424. The second kappa shape index (κ2) is 6.59. The van der Waals surface area contributed by atoms with Crippen LogP contribution in [-0.2, 0) is 6.42 Å². The lowest BCUT2D eigenvalue weighted by atomic mass is 10.0. The fraction of sp³-hybridized carbons (Fsp3) is 0.0870. The molecule has 0 aliphatic rings. The summed E-state index contributed by atoms with van der Waals surface area (Å²) in [6.07, 6.45) is 4.10. The highest BCUT2D eigenvalue weighted by atomic mass is 32.1. The van der Waals surface area contributed by atoms with E-state index in [0.717, 1.165) is 38.8 Å². The molecule has 5 aromatic rings. The van der Waals surface area contributed by atoms with Crippen molar-refractivity contribution < 1.29 is 0 Å². The van der Waals surface area contributed by atoms with Gasteiger partial charge >= 0.3 is 0 Å². The molecule has 134 valence electrons. The normalized spacial score (nSPS) is 11.1. The van der Waals surface area contributed by atoms with E-state index in [1.807, 2.05) is 25.5 Å². The number of aromatic nitrogens is 3. The minimum absolute atomic E-state index is 0.424. The van der Waals surface area contributed by atoms with Gasteiger partial charge in [-0.25, -0.2) is 4.98 Å². The van der Waals surface area contributed by atoms with Gasteiger partial charge in [-0.1, -0.05) is 12.1 Å². The van der Waals surface area contributed by atoms with Crippen molar-refractivity contribution in [3.8, 4) is 22.9 Å². The summed E-state index contributed by atoms with van der Waals surface area (Å²) in [4.78, 5) is 9.16. The highest BCUT2D eigenvalue weighted by Gasteiger charge is 2.12. The van der Waals surface area contributed by atoms with Crippen molar-refractivity contribution in [2.75, 3.05) is 0 Å². The molecule has 3 aromatic heterocycles. The quantitative estimate of drug-likeness (QED) is 0.405. The van der Waals surface area contributed by atoms with E-state index in [0.29, 0.717) is 6.42 Å². The molecule has 28 heavy (non-hydrogen) atoms. The van der Waals surface area contributed by atoms with Crippen molar-refractivity contribution in [1.29, 1.82) is 5.26 Å². The number of benzene rings is 2. The van der Waals surface area contributed by atoms with Gasteiger partial charge in [0, 0.05) is 11.1 Å². The highest BCUT2D eigenvalue weighted by Crippen LogP contribution is 2.31. The number of pyridine rings is 1. The van der Waals surface area contributed by atoms with E-state index in [1.54, 1.807) is 11.3 Å². The van der Waals surface area contributed by atoms with Crippen molar-refractivity contribution in [2.45, 2.75) is 13.3 Å². The zero-order chi connectivity index (χ0) is 19.1. The van der Waals surface area contributed by atoms with Gasteiger partial charge in [-0.2, -0.15) is 16.6 Å². The van der Waals surface area contributed by atoms with Crippen LogP contribution in [-0.4, -0.2) is 14.5 Å². The zero-order valence-corrected chi connectivity index (χ0v) is 16.1. The summed E-state index contributed by atoms with van der Waals surface area (Å²) in [7, 11) is 0. The molecule has 0 fully saturated rings. The molecule has 0 radical (unpaired) electrons. The molecule has 3 heterocycles. The maximum atomic E-state index is 8.99. The number of hydrogen-bond donors (Lipinski definition) is 0. The summed E-state index contributed by atoms with van der Waals surface area (Å²) < 4.78 is 2.11. The van der Waals surface area contributed by atoms with Crippen LogP contribution in [0.1, 0.15) is 11.1 Å². The molecule has 0 aliphatic carbocycles. The fourth-order valence-corrected chi connectivity index (χ4v) is 4.28. The van der Waals surface area contributed by atoms with E-state index in [1.165, 1.54) is 11.1 Å². The van der Waals surface area contributed by atoms with Crippen LogP contribution in [0.25, 0.3) is 38.8 Å². The number of aryl methyl sites for hydroxylation is 1. The van der Waals surface area contributed by atoms with Crippen LogP contribution in [0.3, 0.4) is 0 Å². The maximum Gasteiger partial charge on any atom is 0.108 e. The predicted molar refractivity (Wildman–Crippen MR) is 114 cm³/mol. The standard InChI is InChI=1S/C23H16N4S/c1-15-10-19(4-2-16(15)6-8-24)27-14-26-22-12-25-21-5-3-17(11-20(21)23(22)27)18-7-9-28-13-18/h2-5,7,9-14H,6H2,1H3. The smallest absolute Gasteiger partial charge is 0.108 e. The average Bonchev–Trinajstić information content (AvgIpc) is 3.39. The van der Waals surface area contributed by atoms with Crippen LogP contribution in [0.4, 0.5) is 0 Å². The Morgan fingerprint density at radius 2 is 1.96 bits per heavy atom. The molecule has 0 amide bonds. The van der Waals surface area contributed by atoms with Gasteiger partial charge in [-0.05, 0) is 70.3 Å². The summed E-state index contributed by atoms with van der Waals surface area (Å²) in [5.74, 6) is 0. The van der Waals surface area contributed by atoms with Gasteiger partial charge in [-0.15, -0.1) is 0 Å². The molecule has 5 rings (SSSR count). The minimum Gasteiger partial charge on any atom is -0.298 e. The Labute approximate surface area is 166 Å². The highest BCUT2D eigenvalue weighted by molar-refractivity contribution is 7.08. The van der Waals surface area contributed by atoms with Crippen LogP contribution in [0.15, 0.2) is 65.7 Å². The largest absolute Gasteiger partial charge is 0.298 e. The van der Waals surface area contributed by atoms with E-state index in [9.17, 15) is 0 Å². The van der Waals surface area contributed by atoms with Crippen LogP contribution in [0, 0.1) is 18.3 Å². The molecule has 0 atom stereocenters.